The molecule has 0 spiro atoms. The van der Waals surface area contributed by atoms with Crippen molar-refractivity contribution in [3.63, 3.8) is 0 Å². The molecule has 9 heteroatoms. The molecule has 0 aliphatic heterocycles. The zero-order valence-corrected chi connectivity index (χ0v) is 21.2. The highest BCUT2D eigenvalue weighted by Crippen LogP contribution is 2.27. The first-order valence-electron chi connectivity index (χ1n) is 11.4. The number of hydrogen-bond acceptors (Lipinski definition) is 7. The Labute approximate surface area is 205 Å². The predicted octanol–water partition coefficient (Wildman–Crippen LogP) is 5.79. The molecule has 34 heavy (non-hydrogen) atoms. The summed E-state index contributed by atoms with van der Waals surface area (Å²) >= 11 is 1.55. The minimum Gasteiger partial charge on any atom is -0.370 e. The van der Waals surface area contributed by atoms with E-state index in [1.807, 2.05) is 31.2 Å². The van der Waals surface area contributed by atoms with Gasteiger partial charge in [-0.2, -0.15) is 9.78 Å². The molecule has 180 valence electrons. The Morgan fingerprint density at radius 3 is 2.38 bits per heavy atom. The first-order valence-corrected chi connectivity index (χ1v) is 12.4. The van der Waals surface area contributed by atoms with Gasteiger partial charge in [0, 0.05) is 42.2 Å². The third-order valence-electron chi connectivity index (χ3n) is 5.02. The molecule has 0 N–H and O–H groups in total. The highest BCUT2D eigenvalue weighted by molar-refractivity contribution is 7.98. The molecule has 1 heterocycles. The Morgan fingerprint density at radius 2 is 1.76 bits per heavy atom. The Morgan fingerprint density at radius 1 is 1.09 bits per heavy atom. The highest BCUT2D eigenvalue weighted by Gasteiger charge is 2.17. The van der Waals surface area contributed by atoms with Crippen LogP contribution in [0.3, 0.4) is 0 Å². The molecular weight excluding hydrogens is 448 g/mol. The molecular formula is C25H32N6O2S. The van der Waals surface area contributed by atoms with Crippen LogP contribution in [0.1, 0.15) is 44.6 Å². The number of nitro benzene ring substituents is 1. The fourth-order valence-corrected chi connectivity index (χ4v) is 4.49. The summed E-state index contributed by atoms with van der Waals surface area (Å²) in [6, 6.07) is 15.1. The summed E-state index contributed by atoms with van der Waals surface area (Å²) < 4.78 is 1.69. The fourth-order valence-electron chi connectivity index (χ4n) is 3.60. The molecule has 0 amide bonds. The van der Waals surface area contributed by atoms with Crippen molar-refractivity contribution in [2.45, 2.75) is 45.5 Å². The molecule has 2 aromatic carbocycles. The van der Waals surface area contributed by atoms with Gasteiger partial charge in [0.15, 0.2) is 5.82 Å². The van der Waals surface area contributed by atoms with E-state index in [1.165, 1.54) is 5.56 Å². The van der Waals surface area contributed by atoms with Crippen LogP contribution in [0.2, 0.25) is 0 Å². The zero-order chi connectivity index (χ0) is 24.7. The van der Waals surface area contributed by atoms with Gasteiger partial charge in [0.1, 0.15) is 0 Å². The summed E-state index contributed by atoms with van der Waals surface area (Å²) in [6.07, 6.45) is 1.68. The Kier molecular flexibility index (Phi) is 8.81. The number of aromatic nitrogens is 3. The van der Waals surface area contributed by atoms with Crippen LogP contribution in [0.4, 0.5) is 11.4 Å². The topological polar surface area (TPSA) is 89.4 Å². The van der Waals surface area contributed by atoms with E-state index in [4.69, 9.17) is 0 Å². The number of anilines is 1. The van der Waals surface area contributed by atoms with Crippen LogP contribution in [-0.4, -0.2) is 39.1 Å². The normalized spacial score (nSPS) is 11.6. The van der Waals surface area contributed by atoms with Crippen molar-refractivity contribution in [3.05, 3.63) is 75.6 Å². The van der Waals surface area contributed by atoms with Crippen LogP contribution in [0.5, 0.6) is 0 Å². The minimum absolute atomic E-state index is 0.0402. The van der Waals surface area contributed by atoms with Crippen LogP contribution in [-0.2, 0) is 5.75 Å². The van der Waals surface area contributed by atoms with Crippen LogP contribution < -0.4 is 4.90 Å². The minimum atomic E-state index is -0.373. The number of benzene rings is 2. The third-order valence-corrected chi connectivity index (χ3v) is 6.02. The van der Waals surface area contributed by atoms with Crippen LogP contribution >= 0.6 is 11.8 Å². The van der Waals surface area contributed by atoms with Crippen LogP contribution in [0.15, 0.2) is 58.8 Å². The SMILES string of the molecule is Cc1nnc(SCc2ccccc2)n1N=Cc1cc([N+](=O)[O-])ccc1N(CC(C)C)CC(C)C. The summed E-state index contributed by atoms with van der Waals surface area (Å²) in [5.41, 5.74) is 2.85. The van der Waals surface area contributed by atoms with E-state index in [1.54, 1.807) is 34.8 Å². The monoisotopic (exact) mass is 480 g/mol. The van der Waals surface area contributed by atoms with Gasteiger partial charge < -0.3 is 4.90 Å². The number of aryl methyl sites for hydroxylation is 1. The summed E-state index contributed by atoms with van der Waals surface area (Å²) in [7, 11) is 0. The second-order valence-electron chi connectivity index (χ2n) is 9.05. The highest BCUT2D eigenvalue weighted by atomic mass is 32.2. The average Bonchev–Trinajstić information content (AvgIpc) is 3.15. The van der Waals surface area contributed by atoms with Gasteiger partial charge in [-0.05, 0) is 30.4 Å². The summed E-state index contributed by atoms with van der Waals surface area (Å²) in [6.45, 7) is 12.2. The predicted molar refractivity (Wildman–Crippen MR) is 139 cm³/mol. The summed E-state index contributed by atoms with van der Waals surface area (Å²) in [5.74, 6) is 2.28. The lowest BCUT2D eigenvalue weighted by atomic mass is 10.1. The Balaban J connectivity index is 1.94. The Hall–Kier alpha value is -3.20. The fraction of sp³-hybridized carbons (Fsp3) is 0.400. The smallest absolute Gasteiger partial charge is 0.270 e. The molecule has 3 rings (SSSR count). The molecule has 0 bridgehead atoms. The van der Waals surface area contributed by atoms with Gasteiger partial charge in [-0.15, -0.1) is 10.2 Å². The first kappa shape index (κ1) is 25.4. The standard InChI is InChI=1S/C25H32N6O2S/c1-18(2)15-29(16-19(3)4)24-12-11-23(31(32)33)13-22(24)14-26-30-20(5)27-28-25(30)34-17-21-9-7-6-8-10-21/h6-14,18-19H,15-17H2,1-5H3. The van der Waals surface area contributed by atoms with Crippen LogP contribution in [0, 0.1) is 28.9 Å². The molecule has 3 aromatic rings. The molecule has 0 unspecified atom stereocenters. The number of nitro groups is 1. The largest absolute Gasteiger partial charge is 0.370 e. The van der Waals surface area contributed by atoms with E-state index in [0.29, 0.717) is 28.4 Å². The number of rotatable bonds is 11. The second kappa shape index (κ2) is 11.8. The van der Waals surface area contributed by atoms with Gasteiger partial charge in [0.05, 0.1) is 11.1 Å². The van der Waals surface area contributed by atoms with Crippen molar-refractivity contribution < 1.29 is 4.92 Å². The summed E-state index contributed by atoms with van der Waals surface area (Å²) in [5, 5.41) is 25.2. The lowest BCUT2D eigenvalue weighted by Gasteiger charge is -2.29. The molecule has 1 aromatic heterocycles. The molecule has 0 radical (unpaired) electrons. The van der Waals surface area contributed by atoms with Crippen molar-refractivity contribution >= 4 is 29.4 Å². The Bertz CT molecular complexity index is 1120. The lowest BCUT2D eigenvalue weighted by Crippen LogP contribution is -2.32. The van der Waals surface area contributed by atoms with Crippen molar-refractivity contribution in [3.8, 4) is 0 Å². The maximum absolute atomic E-state index is 11.5. The van der Waals surface area contributed by atoms with Crippen molar-refractivity contribution in [1.29, 1.82) is 0 Å². The first-order chi connectivity index (χ1) is 16.2. The number of non-ortho nitro benzene ring substituents is 1. The lowest BCUT2D eigenvalue weighted by molar-refractivity contribution is -0.384. The molecule has 0 atom stereocenters. The maximum Gasteiger partial charge on any atom is 0.270 e. The maximum atomic E-state index is 11.5. The molecule has 0 aliphatic rings. The molecule has 0 saturated carbocycles. The van der Waals surface area contributed by atoms with Crippen LogP contribution in [0.25, 0.3) is 0 Å². The van der Waals surface area contributed by atoms with Crippen molar-refractivity contribution in [2.24, 2.45) is 16.9 Å². The van der Waals surface area contributed by atoms with Gasteiger partial charge in [-0.1, -0.05) is 69.8 Å². The van der Waals surface area contributed by atoms with E-state index < -0.39 is 0 Å². The van der Waals surface area contributed by atoms with Gasteiger partial charge in [0.25, 0.3) is 5.69 Å². The number of nitrogens with zero attached hydrogens (tertiary/aromatic N) is 6. The van der Waals surface area contributed by atoms with E-state index in [2.05, 4.69) is 60.0 Å². The third kappa shape index (κ3) is 6.90. The zero-order valence-electron chi connectivity index (χ0n) is 20.4. The quantitative estimate of drug-likeness (QED) is 0.149. The molecule has 0 saturated heterocycles. The van der Waals surface area contributed by atoms with Gasteiger partial charge in [-0.3, -0.25) is 10.1 Å². The molecule has 0 aliphatic carbocycles. The van der Waals surface area contributed by atoms with E-state index in [9.17, 15) is 10.1 Å². The average molecular weight is 481 g/mol. The van der Waals surface area contributed by atoms with Crippen molar-refractivity contribution in [2.75, 3.05) is 18.0 Å². The van der Waals surface area contributed by atoms with Gasteiger partial charge >= 0.3 is 0 Å². The summed E-state index contributed by atoms with van der Waals surface area (Å²) in [4.78, 5) is 13.4. The van der Waals surface area contributed by atoms with E-state index >= 15 is 0 Å². The van der Waals surface area contributed by atoms with Gasteiger partial charge in [0.2, 0.25) is 5.16 Å². The van der Waals surface area contributed by atoms with Crippen molar-refractivity contribution in [1.82, 2.24) is 14.9 Å². The molecule has 0 fully saturated rings. The number of thioether (sulfide) groups is 1. The van der Waals surface area contributed by atoms with E-state index in [-0.39, 0.29) is 10.6 Å². The second-order valence-corrected chi connectivity index (χ2v) is 10.00. The molecule has 8 nitrogen and oxygen atoms in total. The number of hydrogen-bond donors (Lipinski definition) is 0. The van der Waals surface area contributed by atoms with E-state index in [0.717, 1.165) is 24.5 Å². The van der Waals surface area contributed by atoms with Gasteiger partial charge in [-0.25, -0.2) is 0 Å².